The molecule has 0 aliphatic carbocycles. The molecule has 0 aliphatic heterocycles. The fourth-order valence-electron chi connectivity index (χ4n) is 1.82. The van der Waals surface area contributed by atoms with Gasteiger partial charge in [-0.05, 0) is 32.5 Å². The third-order valence-corrected chi connectivity index (χ3v) is 3.15. The molecule has 0 fully saturated rings. The molecular weight excluding hydrogens is 266 g/mol. The largest absolute Gasteiger partial charge is 0.378 e. The molecule has 0 saturated heterocycles. The fraction of sp³-hybridized carbons (Fsp3) is 0.562. The second kappa shape index (κ2) is 10.3. The molecule has 1 aromatic rings. The third-order valence-electron chi connectivity index (χ3n) is 3.15. The normalized spacial score (nSPS) is 12.4. The van der Waals surface area contributed by atoms with E-state index in [0.29, 0.717) is 26.2 Å². The van der Waals surface area contributed by atoms with Crippen LogP contribution in [-0.4, -0.2) is 57.2 Å². The SMILES string of the molecule is CN(C)CCOCCNC(=O)[C@@H](N)CCc1ccccc1. The number of carbonyl (C=O) groups excluding carboxylic acids is 1. The summed E-state index contributed by atoms with van der Waals surface area (Å²) in [6.07, 6.45) is 1.46. The topological polar surface area (TPSA) is 67.6 Å². The van der Waals surface area contributed by atoms with Crippen LogP contribution >= 0.6 is 0 Å². The molecule has 5 nitrogen and oxygen atoms in total. The van der Waals surface area contributed by atoms with Crippen molar-refractivity contribution in [3.63, 3.8) is 0 Å². The highest BCUT2D eigenvalue weighted by molar-refractivity contribution is 5.81. The summed E-state index contributed by atoms with van der Waals surface area (Å²) in [4.78, 5) is 13.9. The first-order valence-electron chi connectivity index (χ1n) is 7.39. The zero-order chi connectivity index (χ0) is 15.5. The van der Waals surface area contributed by atoms with Gasteiger partial charge in [0, 0.05) is 13.1 Å². The molecule has 0 spiro atoms. The number of likely N-dealkylation sites (N-methyl/N-ethyl adjacent to an activating group) is 1. The number of benzene rings is 1. The predicted molar refractivity (Wildman–Crippen MR) is 85.1 cm³/mol. The van der Waals surface area contributed by atoms with E-state index < -0.39 is 6.04 Å². The van der Waals surface area contributed by atoms with Crippen LogP contribution in [0.5, 0.6) is 0 Å². The lowest BCUT2D eigenvalue weighted by atomic mass is 10.1. The van der Waals surface area contributed by atoms with E-state index in [9.17, 15) is 4.79 Å². The van der Waals surface area contributed by atoms with E-state index in [1.807, 2.05) is 44.4 Å². The maximum absolute atomic E-state index is 11.8. The monoisotopic (exact) mass is 293 g/mol. The van der Waals surface area contributed by atoms with E-state index in [1.165, 1.54) is 5.56 Å². The number of hydrogen-bond donors (Lipinski definition) is 2. The van der Waals surface area contributed by atoms with Gasteiger partial charge in [0.1, 0.15) is 0 Å². The second-order valence-electron chi connectivity index (χ2n) is 5.34. The fourth-order valence-corrected chi connectivity index (χ4v) is 1.82. The third kappa shape index (κ3) is 8.45. The molecule has 5 heteroatoms. The Morgan fingerprint density at radius 3 is 2.67 bits per heavy atom. The standard InChI is InChI=1S/C16H27N3O2/c1-19(2)11-13-21-12-10-18-16(20)15(17)9-8-14-6-4-3-5-7-14/h3-7,15H,8-13,17H2,1-2H3,(H,18,20)/t15-/m0/s1. The number of nitrogens with zero attached hydrogens (tertiary/aromatic N) is 1. The van der Waals surface area contributed by atoms with Gasteiger partial charge in [0.15, 0.2) is 0 Å². The predicted octanol–water partition coefficient (Wildman–Crippen LogP) is 0.641. The van der Waals surface area contributed by atoms with Gasteiger partial charge in [-0.2, -0.15) is 0 Å². The van der Waals surface area contributed by atoms with Crippen molar-refractivity contribution in [2.24, 2.45) is 5.73 Å². The molecule has 1 aromatic carbocycles. The lowest BCUT2D eigenvalue weighted by Gasteiger charge is -2.13. The summed E-state index contributed by atoms with van der Waals surface area (Å²) in [5, 5.41) is 2.80. The molecule has 21 heavy (non-hydrogen) atoms. The molecular formula is C16H27N3O2. The average Bonchev–Trinajstić information content (AvgIpc) is 2.48. The molecule has 1 rings (SSSR count). The quantitative estimate of drug-likeness (QED) is 0.621. The van der Waals surface area contributed by atoms with Gasteiger partial charge >= 0.3 is 0 Å². The highest BCUT2D eigenvalue weighted by Gasteiger charge is 2.12. The molecule has 0 aliphatic rings. The van der Waals surface area contributed by atoms with Crippen molar-refractivity contribution >= 4 is 5.91 Å². The molecule has 0 radical (unpaired) electrons. The maximum atomic E-state index is 11.8. The lowest BCUT2D eigenvalue weighted by Crippen LogP contribution is -2.42. The molecule has 1 atom stereocenters. The second-order valence-corrected chi connectivity index (χ2v) is 5.34. The van der Waals surface area contributed by atoms with Crippen molar-refractivity contribution in [3.8, 4) is 0 Å². The molecule has 1 amide bonds. The summed E-state index contributed by atoms with van der Waals surface area (Å²) in [6, 6.07) is 9.59. The highest BCUT2D eigenvalue weighted by atomic mass is 16.5. The first-order chi connectivity index (χ1) is 10.1. The molecule has 118 valence electrons. The molecule has 0 bridgehead atoms. The van der Waals surface area contributed by atoms with Crippen molar-refractivity contribution in [2.75, 3.05) is 40.4 Å². The molecule has 0 unspecified atom stereocenters. The van der Waals surface area contributed by atoms with Crippen molar-refractivity contribution in [1.29, 1.82) is 0 Å². The summed E-state index contributed by atoms with van der Waals surface area (Å²) in [5.74, 6) is -0.109. The molecule has 0 heterocycles. The number of hydrogen-bond acceptors (Lipinski definition) is 4. The van der Waals surface area contributed by atoms with Gasteiger partial charge in [-0.3, -0.25) is 4.79 Å². The van der Waals surface area contributed by atoms with Crippen molar-refractivity contribution in [3.05, 3.63) is 35.9 Å². The van der Waals surface area contributed by atoms with Gasteiger partial charge in [0.2, 0.25) is 5.91 Å². The van der Waals surface area contributed by atoms with Crippen molar-refractivity contribution in [2.45, 2.75) is 18.9 Å². The van der Waals surface area contributed by atoms with Crippen molar-refractivity contribution < 1.29 is 9.53 Å². The van der Waals surface area contributed by atoms with E-state index in [-0.39, 0.29) is 5.91 Å². The van der Waals surface area contributed by atoms with E-state index in [4.69, 9.17) is 10.5 Å². The zero-order valence-corrected chi connectivity index (χ0v) is 13.0. The van der Waals surface area contributed by atoms with Crippen LogP contribution in [0.4, 0.5) is 0 Å². The number of aryl methyl sites for hydroxylation is 1. The lowest BCUT2D eigenvalue weighted by molar-refractivity contribution is -0.122. The average molecular weight is 293 g/mol. The Balaban J connectivity index is 2.08. The van der Waals surface area contributed by atoms with Gasteiger partial charge in [-0.15, -0.1) is 0 Å². The number of ether oxygens (including phenoxy) is 1. The van der Waals surface area contributed by atoms with Crippen LogP contribution in [0.25, 0.3) is 0 Å². The Kier molecular flexibility index (Phi) is 8.66. The van der Waals surface area contributed by atoms with Crippen LogP contribution in [0.2, 0.25) is 0 Å². The van der Waals surface area contributed by atoms with E-state index in [0.717, 1.165) is 13.0 Å². The van der Waals surface area contributed by atoms with Gasteiger partial charge in [-0.1, -0.05) is 30.3 Å². The van der Waals surface area contributed by atoms with Crippen LogP contribution in [-0.2, 0) is 16.0 Å². The number of rotatable bonds is 10. The minimum atomic E-state index is -0.466. The summed E-state index contributed by atoms with van der Waals surface area (Å²) in [7, 11) is 3.99. The van der Waals surface area contributed by atoms with Crippen LogP contribution in [0.1, 0.15) is 12.0 Å². The van der Waals surface area contributed by atoms with Gasteiger partial charge in [-0.25, -0.2) is 0 Å². The van der Waals surface area contributed by atoms with Crippen LogP contribution in [0.15, 0.2) is 30.3 Å². The molecule has 0 aromatic heterocycles. The minimum absolute atomic E-state index is 0.109. The number of nitrogens with one attached hydrogen (secondary N) is 1. The highest BCUT2D eigenvalue weighted by Crippen LogP contribution is 2.03. The minimum Gasteiger partial charge on any atom is -0.378 e. The van der Waals surface area contributed by atoms with Gasteiger partial charge in [0.25, 0.3) is 0 Å². The van der Waals surface area contributed by atoms with Gasteiger partial charge < -0.3 is 20.7 Å². The number of amides is 1. The Labute approximate surface area is 127 Å². The summed E-state index contributed by atoms with van der Waals surface area (Å²) in [5.41, 5.74) is 7.09. The zero-order valence-electron chi connectivity index (χ0n) is 13.0. The number of carbonyl (C=O) groups is 1. The summed E-state index contributed by atoms with van der Waals surface area (Å²) >= 11 is 0. The van der Waals surface area contributed by atoms with E-state index in [1.54, 1.807) is 0 Å². The Morgan fingerprint density at radius 1 is 1.29 bits per heavy atom. The van der Waals surface area contributed by atoms with E-state index >= 15 is 0 Å². The maximum Gasteiger partial charge on any atom is 0.237 e. The van der Waals surface area contributed by atoms with Crippen molar-refractivity contribution in [1.82, 2.24) is 10.2 Å². The summed E-state index contributed by atoms with van der Waals surface area (Å²) in [6.45, 7) is 2.57. The van der Waals surface area contributed by atoms with Crippen LogP contribution in [0, 0.1) is 0 Å². The van der Waals surface area contributed by atoms with Crippen LogP contribution in [0.3, 0.4) is 0 Å². The van der Waals surface area contributed by atoms with Crippen LogP contribution < -0.4 is 11.1 Å². The molecule has 0 saturated carbocycles. The molecule has 3 N–H and O–H groups in total. The first-order valence-corrected chi connectivity index (χ1v) is 7.39. The van der Waals surface area contributed by atoms with E-state index in [2.05, 4.69) is 10.2 Å². The number of nitrogens with two attached hydrogens (primary N) is 1. The first kappa shape index (κ1) is 17.6. The Bertz CT molecular complexity index is 396. The van der Waals surface area contributed by atoms with Gasteiger partial charge in [0.05, 0.1) is 19.3 Å². The smallest absolute Gasteiger partial charge is 0.237 e. The Hall–Kier alpha value is -1.43. The summed E-state index contributed by atoms with van der Waals surface area (Å²) < 4.78 is 5.41. The Morgan fingerprint density at radius 2 is 2.00 bits per heavy atom.